The Morgan fingerprint density at radius 2 is 1.96 bits per heavy atom. The summed E-state index contributed by atoms with van der Waals surface area (Å²) in [5.74, 6) is 0. The number of hydrogen-bond donors (Lipinski definition) is 2. The molecule has 136 valence electrons. The van der Waals surface area contributed by atoms with Gasteiger partial charge >= 0.3 is 0 Å². The molecule has 0 aliphatic carbocycles. The third-order valence-electron chi connectivity index (χ3n) is 3.97. The zero-order chi connectivity index (χ0) is 18.5. The van der Waals surface area contributed by atoms with Gasteiger partial charge in [0.15, 0.2) is 5.11 Å². The third kappa shape index (κ3) is 4.62. The van der Waals surface area contributed by atoms with Crippen LogP contribution >= 0.6 is 23.8 Å². The van der Waals surface area contributed by atoms with Gasteiger partial charge in [0.25, 0.3) is 0 Å². The van der Waals surface area contributed by atoms with Crippen molar-refractivity contribution in [3.63, 3.8) is 0 Å². The Morgan fingerprint density at radius 1 is 1.19 bits per heavy atom. The fourth-order valence-electron chi connectivity index (χ4n) is 2.57. The van der Waals surface area contributed by atoms with Gasteiger partial charge in [-0.2, -0.15) is 10.2 Å². The predicted octanol–water partition coefficient (Wildman–Crippen LogP) is 3.60. The van der Waals surface area contributed by atoms with E-state index in [-0.39, 0.29) is 0 Å². The lowest BCUT2D eigenvalue weighted by molar-refractivity contribution is 0.614. The van der Waals surface area contributed by atoms with Crippen molar-refractivity contribution in [2.45, 2.75) is 33.5 Å². The maximum Gasteiger partial charge on any atom is 0.171 e. The molecule has 2 aromatic heterocycles. The van der Waals surface area contributed by atoms with Crippen LogP contribution in [-0.4, -0.2) is 24.7 Å². The Balaban J connectivity index is 1.54. The number of aryl methyl sites for hydroxylation is 2. The molecular weight excluding hydrogens is 368 g/mol. The fourth-order valence-corrected chi connectivity index (χ4v) is 2.97. The summed E-state index contributed by atoms with van der Waals surface area (Å²) >= 11 is 11.5. The van der Waals surface area contributed by atoms with Crippen molar-refractivity contribution in [1.29, 1.82) is 0 Å². The summed E-state index contributed by atoms with van der Waals surface area (Å²) in [6.45, 7) is 6.08. The Morgan fingerprint density at radius 3 is 2.69 bits per heavy atom. The SMILES string of the molecule is CCn1ncc(Cl)c1CNC(=S)Nc1cnn(Cc2ccc(C)cc2)c1. The van der Waals surface area contributed by atoms with Crippen LogP contribution in [0.25, 0.3) is 0 Å². The minimum Gasteiger partial charge on any atom is -0.357 e. The molecule has 0 radical (unpaired) electrons. The van der Waals surface area contributed by atoms with Crippen LogP contribution in [0.15, 0.2) is 42.9 Å². The van der Waals surface area contributed by atoms with Gasteiger partial charge in [0.1, 0.15) is 0 Å². The van der Waals surface area contributed by atoms with Crippen molar-refractivity contribution in [1.82, 2.24) is 24.9 Å². The van der Waals surface area contributed by atoms with Gasteiger partial charge in [0, 0.05) is 12.7 Å². The molecule has 0 aliphatic heterocycles. The van der Waals surface area contributed by atoms with Crippen molar-refractivity contribution in [2.24, 2.45) is 0 Å². The van der Waals surface area contributed by atoms with E-state index >= 15 is 0 Å². The zero-order valence-corrected chi connectivity index (χ0v) is 16.3. The van der Waals surface area contributed by atoms with Gasteiger partial charge in [-0.15, -0.1) is 0 Å². The van der Waals surface area contributed by atoms with Gasteiger partial charge in [-0.3, -0.25) is 9.36 Å². The van der Waals surface area contributed by atoms with E-state index in [1.165, 1.54) is 11.1 Å². The number of halogens is 1. The first kappa shape index (κ1) is 18.4. The highest BCUT2D eigenvalue weighted by molar-refractivity contribution is 7.80. The van der Waals surface area contributed by atoms with Crippen molar-refractivity contribution in [2.75, 3.05) is 5.32 Å². The minimum atomic E-state index is 0.510. The number of aromatic nitrogens is 4. The van der Waals surface area contributed by atoms with Crippen LogP contribution in [0.4, 0.5) is 5.69 Å². The molecule has 26 heavy (non-hydrogen) atoms. The second-order valence-electron chi connectivity index (χ2n) is 5.97. The molecule has 0 unspecified atom stereocenters. The number of benzene rings is 1. The predicted molar refractivity (Wildman–Crippen MR) is 108 cm³/mol. The summed E-state index contributed by atoms with van der Waals surface area (Å²) in [7, 11) is 0. The molecule has 2 N–H and O–H groups in total. The van der Waals surface area contributed by atoms with Gasteiger partial charge in [-0.1, -0.05) is 41.4 Å². The lowest BCUT2D eigenvalue weighted by atomic mass is 10.1. The fraction of sp³-hybridized carbons (Fsp3) is 0.278. The first-order valence-electron chi connectivity index (χ1n) is 8.38. The molecule has 0 saturated heterocycles. The van der Waals surface area contributed by atoms with Gasteiger partial charge in [0.05, 0.1) is 41.9 Å². The maximum absolute atomic E-state index is 6.16. The van der Waals surface area contributed by atoms with Crippen molar-refractivity contribution in [3.8, 4) is 0 Å². The summed E-state index contributed by atoms with van der Waals surface area (Å²) in [6, 6.07) is 8.42. The maximum atomic E-state index is 6.16. The molecule has 0 bridgehead atoms. The smallest absolute Gasteiger partial charge is 0.171 e. The monoisotopic (exact) mass is 388 g/mol. The van der Waals surface area contributed by atoms with Crippen LogP contribution < -0.4 is 10.6 Å². The summed E-state index contributed by atoms with van der Waals surface area (Å²) < 4.78 is 3.72. The Labute approximate surface area is 163 Å². The van der Waals surface area contributed by atoms with Gasteiger partial charge in [-0.25, -0.2) is 0 Å². The highest BCUT2D eigenvalue weighted by Crippen LogP contribution is 2.15. The zero-order valence-electron chi connectivity index (χ0n) is 14.7. The van der Waals surface area contributed by atoms with Crippen molar-refractivity contribution in [3.05, 3.63) is 64.7 Å². The molecule has 3 rings (SSSR count). The number of nitrogens with one attached hydrogen (secondary N) is 2. The number of nitrogens with zero attached hydrogens (tertiary/aromatic N) is 4. The van der Waals surface area contributed by atoms with E-state index in [2.05, 4.69) is 52.0 Å². The van der Waals surface area contributed by atoms with Crippen LogP contribution in [0.2, 0.25) is 5.02 Å². The molecule has 0 amide bonds. The number of thiocarbonyl (C=S) groups is 1. The van der Waals surface area contributed by atoms with Gasteiger partial charge < -0.3 is 10.6 Å². The molecule has 0 spiro atoms. The molecule has 0 aliphatic rings. The Hall–Kier alpha value is -2.38. The summed E-state index contributed by atoms with van der Waals surface area (Å²) in [4.78, 5) is 0. The van der Waals surface area contributed by atoms with E-state index < -0.39 is 0 Å². The van der Waals surface area contributed by atoms with E-state index in [0.29, 0.717) is 23.2 Å². The topological polar surface area (TPSA) is 59.7 Å². The highest BCUT2D eigenvalue weighted by Gasteiger charge is 2.09. The molecule has 1 aromatic carbocycles. The molecule has 0 atom stereocenters. The van der Waals surface area contributed by atoms with Crippen LogP contribution in [0.5, 0.6) is 0 Å². The van der Waals surface area contributed by atoms with E-state index in [4.69, 9.17) is 23.8 Å². The van der Waals surface area contributed by atoms with Gasteiger partial charge in [0.2, 0.25) is 0 Å². The van der Waals surface area contributed by atoms with Crippen LogP contribution in [-0.2, 0) is 19.6 Å². The van der Waals surface area contributed by atoms with Crippen LogP contribution in [0, 0.1) is 6.92 Å². The Bertz CT molecular complexity index is 883. The molecule has 2 heterocycles. The van der Waals surface area contributed by atoms with Gasteiger partial charge in [-0.05, 0) is 31.6 Å². The Kier molecular flexibility index (Phi) is 5.90. The average molecular weight is 389 g/mol. The third-order valence-corrected chi connectivity index (χ3v) is 4.53. The minimum absolute atomic E-state index is 0.510. The molecule has 6 nitrogen and oxygen atoms in total. The standard InChI is InChI=1S/C18H21ClN6S/c1-3-25-17(16(19)9-22-25)10-20-18(26)23-15-8-21-24(12-15)11-14-6-4-13(2)5-7-14/h4-9,12H,3,10-11H2,1-2H3,(H2,20,23,26). The normalized spacial score (nSPS) is 10.7. The summed E-state index contributed by atoms with van der Waals surface area (Å²) in [5.41, 5.74) is 4.20. The molecule has 0 fully saturated rings. The number of rotatable bonds is 6. The molecular formula is C18H21ClN6S. The van der Waals surface area contributed by atoms with Crippen LogP contribution in [0.1, 0.15) is 23.7 Å². The second kappa shape index (κ2) is 8.33. The van der Waals surface area contributed by atoms with Crippen LogP contribution in [0.3, 0.4) is 0 Å². The largest absolute Gasteiger partial charge is 0.357 e. The second-order valence-corrected chi connectivity index (χ2v) is 6.79. The van der Waals surface area contributed by atoms with E-state index in [9.17, 15) is 0 Å². The first-order chi connectivity index (χ1) is 12.5. The van der Waals surface area contributed by atoms with E-state index in [1.807, 2.05) is 22.5 Å². The number of hydrogen-bond acceptors (Lipinski definition) is 3. The van der Waals surface area contributed by atoms with E-state index in [0.717, 1.165) is 17.9 Å². The quantitative estimate of drug-likeness (QED) is 0.632. The summed E-state index contributed by atoms with van der Waals surface area (Å²) in [6.07, 6.45) is 5.33. The highest BCUT2D eigenvalue weighted by atomic mass is 35.5. The van der Waals surface area contributed by atoms with Crippen molar-refractivity contribution >= 4 is 34.6 Å². The van der Waals surface area contributed by atoms with Crippen molar-refractivity contribution < 1.29 is 0 Å². The lowest BCUT2D eigenvalue weighted by Gasteiger charge is -2.10. The summed E-state index contributed by atoms with van der Waals surface area (Å²) in [5, 5.41) is 16.0. The average Bonchev–Trinajstić information content (AvgIpc) is 3.21. The van der Waals surface area contributed by atoms with E-state index in [1.54, 1.807) is 12.4 Å². The molecule has 0 saturated carbocycles. The number of anilines is 1. The lowest BCUT2D eigenvalue weighted by Crippen LogP contribution is -2.28. The molecule has 8 heteroatoms. The molecule has 3 aromatic rings. The first-order valence-corrected chi connectivity index (χ1v) is 9.17.